The van der Waals surface area contributed by atoms with E-state index in [0.717, 1.165) is 19.3 Å². The van der Waals surface area contributed by atoms with E-state index in [1.165, 1.54) is 38.9 Å². The number of piperazine rings is 1. The Morgan fingerprint density at radius 1 is 0.806 bits per heavy atom. The van der Waals surface area contributed by atoms with Crippen LogP contribution in [0.1, 0.15) is 29.6 Å². The van der Waals surface area contributed by atoms with Gasteiger partial charge in [0.05, 0.1) is 16.3 Å². The Balaban J connectivity index is 1.27. The number of nitrogens with one attached hydrogen (secondary N) is 1. The second kappa shape index (κ2) is 11.2. The summed E-state index contributed by atoms with van der Waals surface area (Å²) in [5.74, 6) is -1.08. The zero-order valence-corrected chi connectivity index (χ0v) is 21.6. The first-order chi connectivity index (χ1) is 17.2. The van der Waals surface area contributed by atoms with E-state index in [4.69, 9.17) is 0 Å². The van der Waals surface area contributed by atoms with Crippen LogP contribution in [0.15, 0.2) is 53.4 Å². The fourth-order valence-electron chi connectivity index (χ4n) is 4.47. The number of anilines is 1. The maximum absolute atomic E-state index is 14.0. The first kappa shape index (κ1) is 26.5. The summed E-state index contributed by atoms with van der Waals surface area (Å²) in [5.41, 5.74) is 0.708. The molecular formula is C24H31FN4O5S2. The van der Waals surface area contributed by atoms with Gasteiger partial charge in [0.2, 0.25) is 20.0 Å². The van der Waals surface area contributed by atoms with Crippen molar-refractivity contribution in [2.24, 2.45) is 0 Å². The number of piperidine rings is 1. The van der Waals surface area contributed by atoms with E-state index in [9.17, 15) is 26.0 Å². The van der Waals surface area contributed by atoms with Gasteiger partial charge in [0.1, 0.15) is 5.82 Å². The third-order valence-electron chi connectivity index (χ3n) is 6.54. The van der Waals surface area contributed by atoms with Crippen LogP contribution >= 0.6 is 0 Å². The van der Waals surface area contributed by atoms with Gasteiger partial charge in [0, 0.05) is 51.4 Å². The fraction of sp³-hybridized carbons (Fsp3) is 0.458. The summed E-state index contributed by atoms with van der Waals surface area (Å²) >= 11 is 0. The summed E-state index contributed by atoms with van der Waals surface area (Å²) in [6, 6.07) is 12.1. The number of rotatable bonds is 8. The maximum atomic E-state index is 14.0. The topological polar surface area (TPSA) is 107 Å². The molecule has 0 bridgehead atoms. The molecule has 0 atom stereocenters. The molecule has 0 aliphatic carbocycles. The number of carbonyl (C=O) groups excluding carboxylic acids is 1. The Morgan fingerprint density at radius 2 is 1.44 bits per heavy atom. The molecule has 2 aromatic carbocycles. The SMILES string of the molecule is O=C(NCCS(=O)(=O)N1CCN(c2ccccc2F)CC1)c1ccc(S(=O)(=O)N2CCCCC2)cc1. The van der Waals surface area contributed by atoms with E-state index >= 15 is 0 Å². The minimum atomic E-state index is -3.60. The first-order valence-corrected chi connectivity index (χ1v) is 15.1. The number of amides is 1. The lowest BCUT2D eigenvalue weighted by molar-refractivity contribution is 0.0956. The normalized spacial score (nSPS) is 18.2. The Hall–Kier alpha value is -2.54. The lowest BCUT2D eigenvalue weighted by Crippen LogP contribution is -2.50. The largest absolute Gasteiger partial charge is 0.367 e. The molecule has 12 heteroatoms. The number of carbonyl (C=O) groups is 1. The number of hydrogen-bond acceptors (Lipinski definition) is 6. The summed E-state index contributed by atoms with van der Waals surface area (Å²) in [7, 11) is -7.19. The highest BCUT2D eigenvalue weighted by atomic mass is 32.2. The van der Waals surface area contributed by atoms with Crippen molar-refractivity contribution in [1.82, 2.24) is 13.9 Å². The van der Waals surface area contributed by atoms with Crippen LogP contribution in [-0.4, -0.2) is 82.9 Å². The molecule has 2 aliphatic rings. The molecule has 4 rings (SSSR count). The monoisotopic (exact) mass is 538 g/mol. The summed E-state index contributed by atoms with van der Waals surface area (Å²) in [5, 5.41) is 2.59. The van der Waals surface area contributed by atoms with Crippen molar-refractivity contribution in [1.29, 1.82) is 0 Å². The van der Waals surface area contributed by atoms with Crippen LogP contribution < -0.4 is 10.2 Å². The van der Waals surface area contributed by atoms with Gasteiger partial charge in [-0.15, -0.1) is 0 Å². The van der Waals surface area contributed by atoms with Crippen molar-refractivity contribution in [2.75, 3.05) is 56.5 Å². The smallest absolute Gasteiger partial charge is 0.251 e. The second-order valence-corrected chi connectivity index (χ2v) is 12.9. The van der Waals surface area contributed by atoms with Gasteiger partial charge >= 0.3 is 0 Å². The van der Waals surface area contributed by atoms with Crippen LogP contribution in [0.25, 0.3) is 0 Å². The van der Waals surface area contributed by atoms with Gasteiger partial charge in [-0.2, -0.15) is 8.61 Å². The maximum Gasteiger partial charge on any atom is 0.251 e. The number of benzene rings is 2. The van der Waals surface area contributed by atoms with Crippen LogP contribution in [0, 0.1) is 5.82 Å². The molecular weight excluding hydrogens is 507 g/mol. The molecule has 2 saturated heterocycles. The number of sulfonamides is 2. The summed E-state index contributed by atoms with van der Waals surface area (Å²) in [6.07, 6.45) is 2.69. The van der Waals surface area contributed by atoms with Crippen molar-refractivity contribution >= 4 is 31.6 Å². The van der Waals surface area contributed by atoms with E-state index in [1.807, 2.05) is 4.90 Å². The molecule has 2 aliphatic heterocycles. The minimum absolute atomic E-state index is 0.0808. The van der Waals surface area contributed by atoms with Gasteiger partial charge in [0.15, 0.2) is 0 Å². The van der Waals surface area contributed by atoms with Gasteiger partial charge in [-0.25, -0.2) is 21.2 Å². The molecule has 0 spiro atoms. The third kappa shape index (κ3) is 6.05. The summed E-state index contributed by atoms with van der Waals surface area (Å²) < 4.78 is 67.8. The molecule has 2 fully saturated rings. The predicted octanol–water partition coefficient (Wildman–Crippen LogP) is 1.88. The predicted molar refractivity (Wildman–Crippen MR) is 135 cm³/mol. The molecule has 0 aromatic heterocycles. The van der Waals surface area contributed by atoms with E-state index < -0.39 is 26.0 Å². The number of nitrogens with zero attached hydrogens (tertiary/aromatic N) is 3. The quantitative estimate of drug-likeness (QED) is 0.550. The van der Waals surface area contributed by atoms with E-state index in [1.54, 1.807) is 18.2 Å². The van der Waals surface area contributed by atoms with E-state index in [0.29, 0.717) is 31.9 Å². The second-order valence-electron chi connectivity index (χ2n) is 8.90. The summed E-state index contributed by atoms with van der Waals surface area (Å²) in [4.78, 5) is 14.4. The Kier molecular flexibility index (Phi) is 8.28. The molecule has 0 saturated carbocycles. The zero-order valence-electron chi connectivity index (χ0n) is 20.0. The van der Waals surface area contributed by atoms with Gasteiger partial charge in [-0.1, -0.05) is 18.6 Å². The third-order valence-corrected chi connectivity index (χ3v) is 10.3. The van der Waals surface area contributed by atoms with Crippen molar-refractivity contribution in [3.8, 4) is 0 Å². The standard InChI is InChI=1S/C24H31FN4O5S2/c25-22-6-2-3-7-23(22)27-15-17-28(18-16-27)35(31,32)19-12-26-24(30)20-8-10-21(11-9-20)36(33,34)29-13-4-1-5-14-29/h2-3,6-11H,1,4-5,12-19H2,(H,26,30). The van der Waals surface area contributed by atoms with Gasteiger partial charge in [-0.05, 0) is 49.2 Å². The number of hydrogen-bond donors (Lipinski definition) is 1. The Labute approximate surface area is 212 Å². The highest BCUT2D eigenvalue weighted by Crippen LogP contribution is 2.22. The molecule has 1 amide bonds. The molecule has 36 heavy (non-hydrogen) atoms. The summed E-state index contributed by atoms with van der Waals surface area (Å²) in [6.45, 7) is 2.13. The highest BCUT2D eigenvalue weighted by Gasteiger charge is 2.28. The average molecular weight is 539 g/mol. The fourth-order valence-corrected chi connectivity index (χ4v) is 7.33. The molecule has 1 N–H and O–H groups in total. The molecule has 0 unspecified atom stereocenters. The highest BCUT2D eigenvalue weighted by molar-refractivity contribution is 7.89. The minimum Gasteiger partial charge on any atom is -0.367 e. The van der Waals surface area contributed by atoms with Crippen molar-refractivity contribution in [3.05, 3.63) is 59.9 Å². The van der Waals surface area contributed by atoms with Gasteiger partial charge in [0.25, 0.3) is 5.91 Å². The van der Waals surface area contributed by atoms with Crippen molar-refractivity contribution in [3.63, 3.8) is 0 Å². The van der Waals surface area contributed by atoms with Gasteiger partial charge in [-0.3, -0.25) is 4.79 Å². The lowest BCUT2D eigenvalue weighted by Gasteiger charge is -2.35. The Morgan fingerprint density at radius 3 is 2.08 bits per heavy atom. The molecule has 9 nitrogen and oxygen atoms in total. The average Bonchev–Trinajstić information content (AvgIpc) is 2.89. The first-order valence-electron chi connectivity index (χ1n) is 12.0. The molecule has 2 aromatic rings. The Bertz CT molecular complexity index is 1270. The molecule has 2 heterocycles. The lowest BCUT2D eigenvalue weighted by atomic mass is 10.2. The molecule has 0 radical (unpaired) electrons. The molecule has 196 valence electrons. The van der Waals surface area contributed by atoms with Crippen LogP contribution in [0.3, 0.4) is 0 Å². The van der Waals surface area contributed by atoms with Crippen molar-refractivity contribution < 1.29 is 26.0 Å². The van der Waals surface area contributed by atoms with E-state index in [2.05, 4.69) is 5.32 Å². The number of para-hydroxylation sites is 1. The van der Waals surface area contributed by atoms with Crippen molar-refractivity contribution in [2.45, 2.75) is 24.2 Å². The van der Waals surface area contributed by atoms with Crippen LogP contribution in [-0.2, 0) is 20.0 Å². The van der Waals surface area contributed by atoms with Crippen LogP contribution in [0.2, 0.25) is 0 Å². The number of halogens is 1. The van der Waals surface area contributed by atoms with Crippen LogP contribution in [0.4, 0.5) is 10.1 Å². The van der Waals surface area contributed by atoms with E-state index in [-0.39, 0.29) is 41.7 Å². The van der Waals surface area contributed by atoms with Gasteiger partial charge < -0.3 is 10.2 Å². The zero-order chi connectivity index (χ0) is 25.8. The van der Waals surface area contributed by atoms with Crippen LogP contribution in [0.5, 0.6) is 0 Å².